The molecule has 0 saturated carbocycles. The zero-order valence-corrected chi connectivity index (χ0v) is 80.8. The first-order chi connectivity index (χ1) is 70.6. The molecule has 144 heavy (non-hydrogen) atoms. The second-order valence-electron chi connectivity index (χ2n) is 39.7. The number of nitrogens with zero attached hydrogens (tertiary/aromatic N) is 5. The van der Waals surface area contributed by atoms with Crippen molar-refractivity contribution >= 4 is 99.2 Å². The van der Waals surface area contributed by atoms with Crippen molar-refractivity contribution < 1.29 is 0 Å². The van der Waals surface area contributed by atoms with Crippen LogP contribution in [0.5, 0.6) is 0 Å². The molecule has 3 aliphatic heterocycles. The Morgan fingerprint density at radius 3 is 1.28 bits per heavy atom. The third-order valence-electron chi connectivity index (χ3n) is 29.8. The Morgan fingerprint density at radius 2 is 0.611 bits per heavy atom. The van der Waals surface area contributed by atoms with Gasteiger partial charge in [0.05, 0.1) is 45.0 Å². The van der Waals surface area contributed by atoms with E-state index in [-0.39, 0.29) is 16.2 Å². The van der Waals surface area contributed by atoms with E-state index >= 15 is 0 Å². The van der Waals surface area contributed by atoms with Gasteiger partial charge in [-0.2, -0.15) is 0 Å². The number of para-hydroxylation sites is 6. The third-order valence-corrected chi connectivity index (χ3v) is 29.8. The van der Waals surface area contributed by atoms with Gasteiger partial charge in [0.15, 0.2) is 5.82 Å². The van der Waals surface area contributed by atoms with Crippen LogP contribution in [0.25, 0.3) is 199 Å². The van der Waals surface area contributed by atoms with Gasteiger partial charge in [-0.3, -0.25) is 0 Å². The summed E-state index contributed by atoms with van der Waals surface area (Å²) >= 11 is 0. The molecule has 8 nitrogen and oxygen atoms in total. The Morgan fingerprint density at radius 1 is 0.174 bits per heavy atom. The van der Waals surface area contributed by atoms with Gasteiger partial charge in [-0.15, -0.1) is 0 Å². The van der Waals surface area contributed by atoms with Gasteiger partial charge in [0.25, 0.3) is 0 Å². The quantitative estimate of drug-likeness (QED) is 0.131. The molecule has 0 aliphatic carbocycles. The maximum atomic E-state index is 5.34. The van der Waals surface area contributed by atoms with Crippen molar-refractivity contribution in [2.45, 2.75) is 57.8 Å². The van der Waals surface area contributed by atoms with Gasteiger partial charge in [0, 0.05) is 106 Å². The number of hydrogen-bond donors (Lipinski definition) is 3. The van der Waals surface area contributed by atoms with Crippen LogP contribution in [-0.4, -0.2) is 24.9 Å². The molecule has 0 radical (unpaired) electrons. The molecule has 0 atom stereocenters. The van der Waals surface area contributed by atoms with Gasteiger partial charge in [-0.25, -0.2) is 24.9 Å². The first kappa shape index (κ1) is 87.4. The lowest BCUT2D eigenvalue weighted by molar-refractivity contribution is 0.642. The highest BCUT2D eigenvalue weighted by Crippen LogP contribution is 2.52. The summed E-state index contributed by atoms with van der Waals surface area (Å²) in [7, 11) is 0. The average Bonchev–Trinajstić information content (AvgIpc) is 0.972. The second-order valence-corrected chi connectivity index (χ2v) is 39.7. The van der Waals surface area contributed by atoms with Crippen LogP contribution in [-0.2, 0) is 16.2 Å². The zero-order chi connectivity index (χ0) is 96.7. The van der Waals surface area contributed by atoms with Gasteiger partial charge in [-0.05, 0) is 254 Å². The van der Waals surface area contributed by atoms with Crippen LogP contribution < -0.4 is 16.0 Å². The van der Waals surface area contributed by atoms with Gasteiger partial charge < -0.3 is 16.0 Å². The van der Waals surface area contributed by atoms with Crippen LogP contribution in [0.15, 0.2) is 479 Å². The standard InChI is InChI=1S/C48H36N2.C45H33N3.C43H31N3/c1-48(2)39-19-12-20-41(30-39)49-45-22-10-9-21-42(45)44-27-37(26-35-23-24-40(48)31-43(35)44)34-17-11-18-36(25-34)47-29-38(32-13-5-3-6-14-32)28-46(50-47)33-15-7-4-8-16-33;1-45(2)32-21-22-36-38(44-43(30-15-7-4-8-16-30)47-41-19-11-12-20-42(41)48-44)24-23-35(39(36)28-32)37-17-9-10-18-40(37)46-34-26-31(25-33(45)27-34)29-13-5-3-6-14-29;1-43(2)29-24-36-32(34-17-8-10-21-39(34)44-30-23-28-15-6-7-16-31(28)38(43)26-30)19-12-20-33(36)37(25-29)42-45-40-22-11-9-18-35(40)41(46-42)27-13-4-3-5-14-27/h3-31,49H,1-2H3;3-28,46H,1-2H3;3-26,44H,1-2H3. The molecular weight excluding hydrogens is 1750 g/mol. The van der Waals surface area contributed by atoms with Gasteiger partial charge in [-0.1, -0.05) is 393 Å². The Kier molecular flexibility index (Phi) is 21.8. The third kappa shape index (κ3) is 16.1. The molecule has 27 rings (SSSR count). The Balaban J connectivity index is 0.000000113. The predicted octanol–water partition coefficient (Wildman–Crippen LogP) is 36.1. The van der Waals surface area contributed by atoms with Crippen LogP contribution in [0.1, 0.15) is 74.9 Å². The number of anilines is 6. The van der Waals surface area contributed by atoms with E-state index in [1.807, 2.05) is 42.5 Å². The Hall–Kier alpha value is -18.1. The fraction of sp³-hybridized carbons (Fsp3) is 0.0662. The molecule has 0 saturated heterocycles. The highest BCUT2D eigenvalue weighted by atomic mass is 14.9. The highest BCUT2D eigenvalue weighted by Gasteiger charge is 2.33. The molecule has 3 aliphatic rings. The molecule has 3 N–H and O–H groups in total. The van der Waals surface area contributed by atoms with E-state index in [0.717, 1.165) is 157 Å². The van der Waals surface area contributed by atoms with Gasteiger partial charge >= 0.3 is 0 Å². The lowest BCUT2D eigenvalue weighted by Crippen LogP contribution is -2.20. The molecule has 0 unspecified atom stereocenters. The van der Waals surface area contributed by atoms with Gasteiger partial charge in [0.2, 0.25) is 0 Å². The number of nitrogens with one attached hydrogen (secondary N) is 3. The summed E-state index contributed by atoms with van der Waals surface area (Å²) in [5, 5.41) is 22.1. The first-order valence-corrected chi connectivity index (χ1v) is 49.6. The van der Waals surface area contributed by atoms with E-state index in [0.29, 0.717) is 0 Å². The Bertz CT molecular complexity index is 9130. The largest absolute Gasteiger partial charge is 0.355 e. The minimum atomic E-state index is -0.330. The topological polar surface area (TPSA) is 101 Å². The molecule has 12 bridgehead atoms. The summed E-state index contributed by atoms with van der Waals surface area (Å²) in [6, 6.07) is 172. The van der Waals surface area contributed by atoms with E-state index in [2.05, 4.69) is 494 Å². The van der Waals surface area contributed by atoms with Crippen LogP contribution in [0.4, 0.5) is 34.1 Å². The number of rotatable bonds is 9. The average molecular weight is 1850 g/mol. The molecule has 24 aromatic rings. The smallest absolute Gasteiger partial charge is 0.161 e. The molecule has 21 aromatic carbocycles. The molecule has 0 fully saturated rings. The second kappa shape index (κ2) is 36.0. The molecule has 8 heteroatoms. The lowest BCUT2D eigenvalue weighted by atomic mass is 9.74. The van der Waals surface area contributed by atoms with E-state index < -0.39 is 0 Å². The van der Waals surface area contributed by atoms with Crippen LogP contribution in [0, 0.1) is 0 Å². The Labute approximate surface area is 839 Å². The predicted molar refractivity (Wildman–Crippen MR) is 604 cm³/mol. The minimum absolute atomic E-state index is 0.160. The highest BCUT2D eigenvalue weighted by molar-refractivity contribution is 6.11. The van der Waals surface area contributed by atoms with Crippen molar-refractivity contribution in [1.29, 1.82) is 0 Å². The van der Waals surface area contributed by atoms with Crippen LogP contribution in [0.2, 0.25) is 0 Å². The lowest BCUT2D eigenvalue weighted by Gasteiger charge is -2.29. The van der Waals surface area contributed by atoms with Crippen molar-refractivity contribution in [3.63, 3.8) is 0 Å². The number of fused-ring (bicyclic) bond motifs is 19. The number of hydrogen-bond acceptors (Lipinski definition) is 8. The number of benzene rings is 21. The number of pyridine rings is 1. The van der Waals surface area contributed by atoms with Crippen molar-refractivity contribution in [3.8, 4) is 134 Å². The zero-order valence-electron chi connectivity index (χ0n) is 80.8. The van der Waals surface area contributed by atoms with Crippen molar-refractivity contribution in [2.75, 3.05) is 16.0 Å². The van der Waals surface area contributed by atoms with Crippen LogP contribution in [0.3, 0.4) is 0 Å². The fourth-order valence-corrected chi connectivity index (χ4v) is 21.7. The molecule has 3 aromatic heterocycles. The van der Waals surface area contributed by atoms with Crippen molar-refractivity contribution in [1.82, 2.24) is 24.9 Å². The van der Waals surface area contributed by atoms with Crippen molar-refractivity contribution in [2.24, 2.45) is 0 Å². The van der Waals surface area contributed by atoms with Crippen LogP contribution >= 0.6 is 0 Å². The molecule has 0 spiro atoms. The summed E-state index contributed by atoms with van der Waals surface area (Å²) in [4.78, 5) is 26.3. The summed E-state index contributed by atoms with van der Waals surface area (Å²) in [5.41, 5.74) is 41.3. The van der Waals surface area contributed by atoms with E-state index in [9.17, 15) is 0 Å². The summed E-state index contributed by atoms with van der Waals surface area (Å²) in [6.45, 7) is 14.0. The summed E-state index contributed by atoms with van der Waals surface area (Å²) in [6.07, 6.45) is 0. The molecule has 0 amide bonds. The molecular formula is C136H100N8. The van der Waals surface area contributed by atoms with E-state index in [4.69, 9.17) is 24.9 Å². The maximum Gasteiger partial charge on any atom is 0.161 e. The maximum absolute atomic E-state index is 5.34. The molecule has 684 valence electrons. The monoisotopic (exact) mass is 1840 g/mol. The first-order valence-electron chi connectivity index (χ1n) is 49.6. The van der Waals surface area contributed by atoms with E-state index in [1.54, 1.807) is 0 Å². The minimum Gasteiger partial charge on any atom is -0.355 e. The van der Waals surface area contributed by atoms with Gasteiger partial charge in [0.1, 0.15) is 0 Å². The molecule has 6 heterocycles. The fourth-order valence-electron chi connectivity index (χ4n) is 21.7. The summed E-state index contributed by atoms with van der Waals surface area (Å²) in [5.74, 6) is 0.734. The summed E-state index contributed by atoms with van der Waals surface area (Å²) < 4.78 is 0. The van der Waals surface area contributed by atoms with Crippen molar-refractivity contribution in [3.05, 3.63) is 513 Å². The van der Waals surface area contributed by atoms with E-state index in [1.165, 1.54) is 110 Å². The SMILES string of the molecule is CC1(C)c2cc(-c3nc(-c4ccccc4)c4ccccc4n3)c3cccc(c3c2)-c2ccccc2Nc2cc1c1ccccc1c2.CC1(C)c2cc(cc(-c3ccccc3)c2)Nc2ccccc2-c2ccc(-c3nc4ccccc4nc3-c3ccccc3)c3ccc1cc23.CC1(C)c2cccc(c2)Nc2ccccc2-c2cc(-c3cccc(-c4cc(-c5ccccc5)cc(-c5ccccc5)n4)c3)cc3ccc1cc23. The number of aromatic nitrogens is 5. The normalized spacial score (nSPS) is 13.1.